The zero-order valence-corrected chi connectivity index (χ0v) is 12.2. The van der Waals surface area contributed by atoms with Crippen molar-refractivity contribution in [2.45, 2.75) is 46.1 Å². The zero-order valence-electron chi connectivity index (χ0n) is 11.4. The topological polar surface area (TPSA) is 33.6 Å². The van der Waals surface area contributed by atoms with Gasteiger partial charge in [-0.25, -0.2) is 0 Å². The highest BCUT2D eigenvalue weighted by atomic mass is 32.2. The Labute approximate surface area is 110 Å². The Kier molecular flexibility index (Phi) is 7.69. The highest BCUT2D eigenvalue weighted by Gasteiger charge is 2.19. The van der Waals surface area contributed by atoms with E-state index in [-0.39, 0.29) is 0 Å². The van der Waals surface area contributed by atoms with Crippen molar-refractivity contribution in [2.24, 2.45) is 10.9 Å². The third-order valence-corrected chi connectivity index (χ3v) is 3.79. The van der Waals surface area contributed by atoms with Crippen molar-refractivity contribution in [3.05, 3.63) is 0 Å². The molecule has 4 heteroatoms. The van der Waals surface area contributed by atoms with Gasteiger partial charge in [-0.15, -0.1) is 0 Å². The number of ether oxygens (including phenoxy) is 1. The molecule has 1 heterocycles. The molecule has 17 heavy (non-hydrogen) atoms. The Morgan fingerprint density at radius 2 is 2.29 bits per heavy atom. The van der Waals surface area contributed by atoms with E-state index in [1.165, 1.54) is 12.2 Å². The Bertz CT molecular complexity index is 231. The third kappa shape index (κ3) is 6.32. The van der Waals surface area contributed by atoms with Gasteiger partial charge in [0.15, 0.2) is 5.17 Å². The molecule has 1 unspecified atom stereocenters. The number of thioether (sulfide) groups is 1. The average molecular weight is 258 g/mol. The van der Waals surface area contributed by atoms with Crippen LogP contribution in [0, 0.1) is 5.92 Å². The molecule has 0 amide bonds. The van der Waals surface area contributed by atoms with E-state index < -0.39 is 0 Å². The second kappa shape index (κ2) is 8.81. The maximum absolute atomic E-state index is 5.44. The molecule has 1 rings (SSSR count). The van der Waals surface area contributed by atoms with Gasteiger partial charge in [0, 0.05) is 31.6 Å². The van der Waals surface area contributed by atoms with Crippen molar-refractivity contribution < 1.29 is 4.74 Å². The maximum Gasteiger partial charge on any atom is 0.156 e. The first-order valence-electron chi connectivity index (χ1n) is 6.75. The first-order chi connectivity index (χ1) is 8.24. The number of aliphatic imine (C=N–C) groups is 1. The highest BCUT2D eigenvalue weighted by molar-refractivity contribution is 8.13. The molecule has 0 radical (unpaired) electrons. The summed E-state index contributed by atoms with van der Waals surface area (Å²) < 4.78 is 5.44. The number of nitrogens with zero attached hydrogens (tertiary/aromatic N) is 1. The molecule has 0 aromatic carbocycles. The maximum atomic E-state index is 5.44. The van der Waals surface area contributed by atoms with E-state index in [0.717, 1.165) is 37.8 Å². The minimum atomic E-state index is 0.603. The van der Waals surface area contributed by atoms with Gasteiger partial charge in [-0.2, -0.15) is 0 Å². The van der Waals surface area contributed by atoms with Crippen molar-refractivity contribution in [3.63, 3.8) is 0 Å². The Morgan fingerprint density at radius 1 is 1.47 bits per heavy atom. The SMILES string of the molecule is CCCOCCCN=C1NC(C(C)C)CCS1. The lowest BCUT2D eigenvalue weighted by Gasteiger charge is -2.28. The van der Waals surface area contributed by atoms with Gasteiger partial charge in [0.05, 0.1) is 0 Å². The van der Waals surface area contributed by atoms with Gasteiger partial charge in [-0.3, -0.25) is 4.99 Å². The van der Waals surface area contributed by atoms with Crippen LogP contribution in [0.1, 0.15) is 40.0 Å². The Balaban J connectivity index is 2.15. The molecule has 1 aliphatic heterocycles. The molecule has 0 aromatic rings. The predicted molar refractivity (Wildman–Crippen MR) is 76.9 cm³/mol. The van der Waals surface area contributed by atoms with Crippen LogP contribution >= 0.6 is 11.8 Å². The molecule has 3 nitrogen and oxygen atoms in total. The fraction of sp³-hybridized carbons (Fsp3) is 0.923. The van der Waals surface area contributed by atoms with Gasteiger partial charge < -0.3 is 10.1 Å². The van der Waals surface area contributed by atoms with Crippen molar-refractivity contribution in [2.75, 3.05) is 25.5 Å². The lowest BCUT2D eigenvalue weighted by molar-refractivity contribution is 0.134. The highest BCUT2D eigenvalue weighted by Crippen LogP contribution is 2.18. The van der Waals surface area contributed by atoms with Crippen molar-refractivity contribution in [3.8, 4) is 0 Å². The Morgan fingerprint density at radius 3 is 3.00 bits per heavy atom. The number of hydrogen-bond acceptors (Lipinski definition) is 3. The zero-order chi connectivity index (χ0) is 12.5. The van der Waals surface area contributed by atoms with Gasteiger partial charge in [0.1, 0.15) is 0 Å². The minimum absolute atomic E-state index is 0.603. The molecule has 1 saturated heterocycles. The minimum Gasteiger partial charge on any atom is -0.381 e. The summed E-state index contributed by atoms with van der Waals surface area (Å²) in [4.78, 5) is 4.60. The fourth-order valence-electron chi connectivity index (χ4n) is 1.74. The lowest BCUT2D eigenvalue weighted by atomic mass is 10.0. The molecule has 1 atom stereocenters. The van der Waals surface area contributed by atoms with E-state index in [2.05, 4.69) is 31.1 Å². The van der Waals surface area contributed by atoms with Crippen LogP contribution in [0.3, 0.4) is 0 Å². The van der Waals surface area contributed by atoms with Gasteiger partial charge in [0.2, 0.25) is 0 Å². The molecule has 0 bridgehead atoms. The van der Waals surface area contributed by atoms with Crippen LogP contribution in [0.15, 0.2) is 4.99 Å². The second-order valence-electron chi connectivity index (χ2n) is 4.78. The molecule has 0 aliphatic carbocycles. The summed E-state index contributed by atoms with van der Waals surface area (Å²) in [6.45, 7) is 9.26. The van der Waals surface area contributed by atoms with Crippen molar-refractivity contribution in [1.29, 1.82) is 0 Å². The van der Waals surface area contributed by atoms with Crippen molar-refractivity contribution in [1.82, 2.24) is 5.32 Å². The van der Waals surface area contributed by atoms with E-state index in [1.54, 1.807) is 0 Å². The van der Waals surface area contributed by atoms with E-state index in [1.807, 2.05) is 11.8 Å². The molecule has 1 fully saturated rings. The summed E-state index contributed by atoms with van der Waals surface area (Å²) in [6, 6.07) is 0.603. The van der Waals surface area contributed by atoms with E-state index in [4.69, 9.17) is 4.74 Å². The molecule has 0 saturated carbocycles. The smallest absolute Gasteiger partial charge is 0.156 e. The van der Waals surface area contributed by atoms with Gasteiger partial charge in [-0.05, 0) is 25.2 Å². The monoisotopic (exact) mass is 258 g/mol. The first-order valence-corrected chi connectivity index (χ1v) is 7.74. The fourth-order valence-corrected chi connectivity index (χ4v) is 2.72. The predicted octanol–water partition coefficient (Wildman–Crippen LogP) is 2.91. The summed E-state index contributed by atoms with van der Waals surface area (Å²) in [5.74, 6) is 1.88. The summed E-state index contributed by atoms with van der Waals surface area (Å²) in [6.07, 6.45) is 3.38. The van der Waals surface area contributed by atoms with E-state index >= 15 is 0 Å². The normalized spacial score (nSPS) is 23.1. The molecular formula is C13H26N2OS. The van der Waals surface area contributed by atoms with Crippen LogP contribution in [0.25, 0.3) is 0 Å². The van der Waals surface area contributed by atoms with Gasteiger partial charge in [-0.1, -0.05) is 32.5 Å². The molecule has 0 aromatic heterocycles. The van der Waals surface area contributed by atoms with Crippen molar-refractivity contribution >= 4 is 16.9 Å². The number of hydrogen-bond donors (Lipinski definition) is 1. The second-order valence-corrected chi connectivity index (χ2v) is 5.87. The van der Waals surface area contributed by atoms with E-state index in [0.29, 0.717) is 12.0 Å². The lowest BCUT2D eigenvalue weighted by Crippen LogP contribution is -2.41. The van der Waals surface area contributed by atoms with Crippen LogP contribution in [-0.4, -0.2) is 36.7 Å². The van der Waals surface area contributed by atoms with Crippen LogP contribution < -0.4 is 5.32 Å². The largest absolute Gasteiger partial charge is 0.381 e. The number of rotatable bonds is 7. The van der Waals surface area contributed by atoms with Crippen LogP contribution in [0.2, 0.25) is 0 Å². The number of amidine groups is 1. The first kappa shape index (κ1) is 14.8. The van der Waals surface area contributed by atoms with Crippen LogP contribution in [-0.2, 0) is 4.74 Å². The Hall–Kier alpha value is -0.220. The summed E-state index contributed by atoms with van der Waals surface area (Å²) in [5, 5.41) is 4.66. The van der Waals surface area contributed by atoms with Gasteiger partial charge >= 0.3 is 0 Å². The van der Waals surface area contributed by atoms with Crippen LogP contribution in [0.4, 0.5) is 0 Å². The van der Waals surface area contributed by atoms with Gasteiger partial charge in [0.25, 0.3) is 0 Å². The van der Waals surface area contributed by atoms with Crippen LogP contribution in [0.5, 0.6) is 0 Å². The summed E-state index contributed by atoms with van der Waals surface area (Å²) in [7, 11) is 0. The molecular weight excluding hydrogens is 232 g/mol. The third-order valence-electron chi connectivity index (χ3n) is 2.83. The molecule has 1 aliphatic rings. The quantitative estimate of drug-likeness (QED) is 0.713. The summed E-state index contributed by atoms with van der Waals surface area (Å²) >= 11 is 1.85. The molecule has 0 spiro atoms. The molecule has 100 valence electrons. The number of nitrogens with one attached hydrogen (secondary N) is 1. The average Bonchev–Trinajstić information content (AvgIpc) is 2.34. The molecule has 1 N–H and O–H groups in total. The summed E-state index contributed by atoms with van der Waals surface area (Å²) in [5.41, 5.74) is 0. The van der Waals surface area contributed by atoms with E-state index in [9.17, 15) is 0 Å². The standard InChI is InChI=1S/C13H26N2OS/c1-4-8-16-9-5-7-14-13-15-12(11(2)3)6-10-17-13/h11-12H,4-10H2,1-3H3,(H,14,15).